The molecule has 0 aliphatic heterocycles. The maximum atomic E-state index is 13.1. The first kappa shape index (κ1) is 15.8. The average Bonchev–Trinajstić information content (AvgIpc) is 3.11. The summed E-state index contributed by atoms with van der Waals surface area (Å²) in [6.07, 6.45) is 6.07. The molecule has 1 heterocycles. The standard InChI is InChI=1S/C19H24N2O2/c1-20(2)16-11-6-7-12-17(16)21(15-9-4-3-5-10-15)19(22)18-13-8-14-23-18/h3-5,8-10,13-14,16-17H,6-7,11-12H2,1-2H3/t16-,17-/m1/s1. The Balaban J connectivity index is 1.99. The van der Waals surface area contributed by atoms with Gasteiger partial charge in [-0.2, -0.15) is 0 Å². The minimum absolute atomic E-state index is 0.0556. The maximum absolute atomic E-state index is 13.1. The number of benzene rings is 1. The lowest BCUT2D eigenvalue weighted by molar-refractivity contribution is 0.0916. The normalized spacial score (nSPS) is 21.3. The maximum Gasteiger partial charge on any atom is 0.294 e. The van der Waals surface area contributed by atoms with Gasteiger partial charge in [-0.25, -0.2) is 0 Å². The molecule has 1 aliphatic carbocycles. The van der Waals surface area contributed by atoms with Gasteiger partial charge in [0.05, 0.1) is 12.3 Å². The summed E-state index contributed by atoms with van der Waals surface area (Å²) in [5.74, 6) is 0.344. The Bertz CT molecular complexity index is 622. The lowest BCUT2D eigenvalue weighted by atomic mass is 9.88. The SMILES string of the molecule is CN(C)[C@@H]1CCCC[C@H]1N(C(=O)c1ccco1)c1ccccc1. The van der Waals surface area contributed by atoms with Crippen molar-refractivity contribution in [2.75, 3.05) is 19.0 Å². The Morgan fingerprint density at radius 3 is 2.30 bits per heavy atom. The molecule has 1 aromatic carbocycles. The number of carbonyl (C=O) groups excluding carboxylic acids is 1. The molecule has 1 aliphatic rings. The highest BCUT2D eigenvalue weighted by Crippen LogP contribution is 2.31. The molecule has 3 rings (SSSR count). The summed E-state index contributed by atoms with van der Waals surface area (Å²) < 4.78 is 5.38. The number of amides is 1. The highest BCUT2D eigenvalue weighted by atomic mass is 16.3. The van der Waals surface area contributed by atoms with E-state index in [1.165, 1.54) is 6.42 Å². The fraction of sp³-hybridized carbons (Fsp3) is 0.421. The molecule has 0 unspecified atom stereocenters. The third-order valence-corrected chi connectivity index (χ3v) is 4.67. The van der Waals surface area contributed by atoms with Gasteiger partial charge in [0, 0.05) is 11.7 Å². The van der Waals surface area contributed by atoms with Crippen molar-refractivity contribution in [3.63, 3.8) is 0 Å². The first-order valence-corrected chi connectivity index (χ1v) is 8.27. The van der Waals surface area contributed by atoms with Crippen LogP contribution in [0.3, 0.4) is 0 Å². The first-order chi connectivity index (χ1) is 11.2. The van der Waals surface area contributed by atoms with Crippen LogP contribution in [-0.4, -0.2) is 37.0 Å². The zero-order valence-electron chi connectivity index (χ0n) is 13.8. The van der Waals surface area contributed by atoms with E-state index in [1.807, 2.05) is 35.2 Å². The zero-order chi connectivity index (χ0) is 16.2. The highest BCUT2D eigenvalue weighted by molar-refractivity contribution is 6.04. The van der Waals surface area contributed by atoms with E-state index in [-0.39, 0.29) is 11.9 Å². The number of anilines is 1. The third-order valence-electron chi connectivity index (χ3n) is 4.67. The molecular formula is C19H24N2O2. The summed E-state index contributed by atoms with van der Waals surface area (Å²) in [5.41, 5.74) is 0.938. The summed E-state index contributed by atoms with van der Waals surface area (Å²) in [5, 5.41) is 0. The van der Waals surface area contributed by atoms with Crippen molar-refractivity contribution in [3.05, 3.63) is 54.5 Å². The van der Waals surface area contributed by atoms with Crippen LogP contribution in [0, 0.1) is 0 Å². The van der Waals surface area contributed by atoms with E-state index in [2.05, 4.69) is 19.0 Å². The zero-order valence-corrected chi connectivity index (χ0v) is 13.8. The van der Waals surface area contributed by atoms with E-state index in [9.17, 15) is 4.79 Å². The molecule has 2 aromatic rings. The van der Waals surface area contributed by atoms with E-state index in [0.29, 0.717) is 11.8 Å². The van der Waals surface area contributed by atoms with Crippen molar-refractivity contribution in [3.8, 4) is 0 Å². The lowest BCUT2D eigenvalue weighted by Gasteiger charge is -2.42. The van der Waals surface area contributed by atoms with Crippen molar-refractivity contribution >= 4 is 11.6 Å². The van der Waals surface area contributed by atoms with Crippen LogP contribution in [0.2, 0.25) is 0 Å². The molecule has 0 N–H and O–H groups in total. The summed E-state index contributed by atoms with van der Waals surface area (Å²) in [6, 6.07) is 14.0. The number of furan rings is 1. The van der Waals surface area contributed by atoms with E-state index in [1.54, 1.807) is 18.4 Å². The molecule has 23 heavy (non-hydrogen) atoms. The number of rotatable bonds is 4. The molecule has 0 spiro atoms. The molecule has 1 amide bonds. The minimum Gasteiger partial charge on any atom is -0.459 e. The summed E-state index contributed by atoms with van der Waals surface area (Å²) in [6.45, 7) is 0. The van der Waals surface area contributed by atoms with Gasteiger partial charge in [0.25, 0.3) is 5.91 Å². The molecule has 1 saturated carbocycles. The number of nitrogens with zero attached hydrogens (tertiary/aromatic N) is 2. The molecule has 122 valence electrons. The fourth-order valence-electron chi connectivity index (χ4n) is 3.56. The van der Waals surface area contributed by atoms with Gasteiger partial charge < -0.3 is 14.2 Å². The van der Waals surface area contributed by atoms with Crippen molar-refractivity contribution in [2.24, 2.45) is 0 Å². The third kappa shape index (κ3) is 3.32. The number of likely N-dealkylation sites (N-methyl/N-ethyl adjacent to an activating group) is 1. The first-order valence-electron chi connectivity index (χ1n) is 8.27. The molecule has 1 fully saturated rings. The quantitative estimate of drug-likeness (QED) is 0.861. The van der Waals surface area contributed by atoms with Gasteiger partial charge in [0.15, 0.2) is 5.76 Å². The minimum atomic E-state index is -0.0556. The van der Waals surface area contributed by atoms with Crippen molar-refractivity contribution in [1.29, 1.82) is 0 Å². The Morgan fingerprint density at radius 1 is 1.00 bits per heavy atom. The van der Waals surface area contributed by atoms with Crippen LogP contribution in [0.15, 0.2) is 53.1 Å². The Kier molecular flexibility index (Phi) is 4.82. The van der Waals surface area contributed by atoms with Crippen LogP contribution in [0.5, 0.6) is 0 Å². The van der Waals surface area contributed by atoms with Crippen LogP contribution >= 0.6 is 0 Å². The molecule has 0 radical (unpaired) electrons. The fourth-order valence-corrected chi connectivity index (χ4v) is 3.56. The number of hydrogen-bond acceptors (Lipinski definition) is 3. The average molecular weight is 312 g/mol. The summed E-state index contributed by atoms with van der Waals surface area (Å²) in [4.78, 5) is 17.3. The van der Waals surface area contributed by atoms with Gasteiger partial charge in [0.2, 0.25) is 0 Å². The van der Waals surface area contributed by atoms with Crippen LogP contribution in [0.4, 0.5) is 5.69 Å². The second kappa shape index (κ2) is 7.01. The molecule has 0 saturated heterocycles. The summed E-state index contributed by atoms with van der Waals surface area (Å²) in [7, 11) is 4.20. The molecular weight excluding hydrogens is 288 g/mol. The van der Waals surface area contributed by atoms with Gasteiger partial charge in [-0.3, -0.25) is 4.79 Å². The van der Waals surface area contributed by atoms with Crippen LogP contribution in [0.25, 0.3) is 0 Å². The molecule has 4 heteroatoms. The predicted molar refractivity (Wildman–Crippen MR) is 91.7 cm³/mol. The van der Waals surface area contributed by atoms with Gasteiger partial charge in [-0.1, -0.05) is 31.0 Å². The van der Waals surface area contributed by atoms with E-state index in [4.69, 9.17) is 4.42 Å². The van der Waals surface area contributed by atoms with Gasteiger partial charge in [0.1, 0.15) is 0 Å². The Morgan fingerprint density at radius 2 is 1.70 bits per heavy atom. The smallest absolute Gasteiger partial charge is 0.294 e. The van der Waals surface area contributed by atoms with Crippen LogP contribution in [0.1, 0.15) is 36.2 Å². The molecule has 0 bridgehead atoms. The van der Waals surface area contributed by atoms with E-state index >= 15 is 0 Å². The van der Waals surface area contributed by atoms with Crippen molar-refractivity contribution in [1.82, 2.24) is 4.90 Å². The van der Waals surface area contributed by atoms with Gasteiger partial charge >= 0.3 is 0 Å². The van der Waals surface area contributed by atoms with Crippen LogP contribution in [-0.2, 0) is 0 Å². The topological polar surface area (TPSA) is 36.7 Å². The number of para-hydroxylation sites is 1. The van der Waals surface area contributed by atoms with Crippen molar-refractivity contribution in [2.45, 2.75) is 37.8 Å². The predicted octanol–water partition coefficient (Wildman–Crippen LogP) is 3.80. The highest BCUT2D eigenvalue weighted by Gasteiger charge is 2.36. The second-order valence-electron chi connectivity index (χ2n) is 6.37. The molecule has 1 aromatic heterocycles. The van der Waals surface area contributed by atoms with Gasteiger partial charge in [-0.15, -0.1) is 0 Å². The Hall–Kier alpha value is -2.07. The number of hydrogen-bond donors (Lipinski definition) is 0. The van der Waals surface area contributed by atoms with Gasteiger partial charge in [-0.05, 0) is 51.2 Å². The molecule has 2 atom stereocenters. The monoisotopic (exact) mass is 312 g/mol. The van der Waals surface area contributed by atoms with E-state index in [0.717, 1.165) is 24.9 Å². The van der Waals surface area contributed by atoms with E-state index < -0.39 is 0 Å². The lowest BCUT2D eigenvalue weighted by Crippen LogP contribution is -2.53. The van der Waals surface area contributed by atoms with Crippen LogP contribution < -0.4 is 4.90 Å². The molecule has 4 nitrogen and oxygen atoms in total. The second-order valence-corrected chi connectivity index (χ2v) is 6.37. The number of carbonyl (C=O) groups is 1. The summed E-state index contributed by atoms with van der Waals surface area (Å²) >= 11 is 0. The largest absolute Gasteiger partial charge is 0.459 e. The Labute approximate surface area is 137 Å². The van der Waals surface area contributed by atoms with Crippen molar-refractivity contribution < 1.29 is 9.21 Å².